The maximum Gasteiger partial charge on any atom is 0.221 e. The predicted molar refractivity (Wildman–Crippen MR) is 83.7 cm³/mol. The first kappa shape index (κ1) is 15.4. The normalized spacial score (nSPS) is 11.0. The van der Waals surface area contributed by atoms with E-state index in [-0.39, 0.29) is 5.91 Å². The molecular weight excluding hydrogens is 264 g/mol. The van der Waals surface area contributed by atoms with Crippen molar-refractivity contribution in [2.75, 3.05) is 13.1 Å². The van der Waals surface area contributed by atoms with Gasteiger partial charge in [0, 0.05) is 26.1 Å². The third kappa shape index (κ3) is 5.11. The van der Waals surface area contributed by atoms with E-state index in [1.54, 1.807) is 6.20 Å². The zero-order valence-corrected chi connectivity index (χ0v) is 12.6. The Hall–Kier alpha value is -2.01. The van der Waals surface area contributed by atoms with E-state index in [1.165, 1.54) is 0 Å². The topological polar surface area (TPSA) is 66.9 Å². The summed E-state index contributed by atoms with van der Waals surface area (Å²) in [6.45, 7) is 6.15. The largest absolute Gasteiger partial charge is 0.356 e. The molecule has 1 aromatic heterocycles. The van der Waals surface area contributed by atoms with Crippen molar-refractivity contribution < 1.29 is 4.79 Å². The van der Waals surface area contributed by atoms with Crippen LogP contribution < -0.4 is 10.6 Å². The third-order valence-electron chi connectivity index (χ3n) is 3.04. The summed E-state index contributed by atoms with van der Waals surface area (Å²) < 4.78 is 0. The molecule has 1 aromatic carbocycles. The quantitative estimate of drug-likeness (QED) is 0.763. The van der Waals surface area contributed by atoms with Gasteiger partial charge in [-0.1, -0.05) is 26.0 Å². The third-order valence-corrected chi connectivity index (χ3v) is 3.04. The van der Waals surface area contributed by atoms with E-state index in [9.17, 15) is 4.79 Å². The highest BCUT2D eigenvalue weighted by Crippen LogP contribution is 2.08. The van der Waals surface area contributed by atoms with Crippen molar-refractivity contribution in [2.24, 2.45) is 5.92 Å². The fourth-order valence-electron chi connectivity index (χ4n) is 1.91. The Morgan fingerprint density at radius 3 is 2.76 bits per heavy atom. The molecule has 0 aliphatic carbocycles. The SMILES string of the molecule is CC(C)CNC(=O)CCNCc1cnc2ccccc2n1. The average Bonchev–Trinajstić information content (AvgIpc) is 2.49. The van der Waals surface area contributed by atoms with E-state index >= 15 is 0 Å². The molecule has 1 heterocycles. The van der Waals surface area contributed by atoms with Crippen LogP contribution in [-0.2, 0) is 11.3 Å². The molecule has 0 bridgehead atoms. The lowest BCUT2D eigenvalue weighted by molar-refractivity contribution is -0.121. The van der Waals surface area contributed by atoms with Crippen molar-refractivity contribution in [1.82, 2.24) is 20.6 Å². The van der Waals surface area contributed by atoms with Gasteiger partial charge in [-0.15, -0.1) is 0 Å². The maximum absolute atomic E-state index is 11.6. The number of carbonyl (C=O) groups is 1. The first-order valence-corrected chi connectivity index (χ1v) is 7.33. The van der Waals surface area contributed by atoms with Crippen LogP contribution in [-0.4, -0.2) is 29.0 Å². The molecule has 0 aliphatic rings. The number of aromatic nitrogens is 2. The number of amides is 1. The summed E-state index contributed by atoms with van der Waals surface area (Å²) in [5.41, 5.74) is 2.68. The number of benzene rings is 1. The fraction of sp³-hybridized carbons (Fsp3) is 0.438. The Bertz CT molecular complexity index is 598. The molecule has 0 fully saturated rings. The highest BCUT2D eigenvalue weighted by molar-refractivity contribution is 5.76. The van der Waals surface area contributed by atoms with Crippen molar-refractivity contribution >= 4 is 16.9 Å². The lowest BCUT2D eigenvalue weighted by Gasteiger charge is -2.08. The number of rotatable bonds is 7. The van der Waals surface area contributed by atoms with E-state index < -0.39 is 0 Å². The Balaban J connectivity index is 1.73. The maximum atomic E-state index is 11.6. The number of para-hydroxylation sites is 2. The van der Waals surface area contributed by atoms with Gasteiger partial charge in [-0.25, -0.2) is 4.98 Å². The van der Waals surface area contributed by atoms with Crippen molar-refractivity contribution in [3.05, 3.63) is 36.2 Å². The molecule has 2 rings (SSSR count). The molecule has 2 N–H and O–H groups in total. The summed E-state index contributed by atoms with van der Waals surface area (Å²) in [6.07, 6.45) is 2.25. The lowest BCUT2D eigenvalue weighted by Crippen LogP contribution is -2.30. The number of hydrogen-bond acceptors (Lipinski definition) is 4. The van der Waals surface area contributed by atoms with Gasteiger partial charge >= 0.3 is 0 Å². The van der Waals surface area contributed by atoms with Crippen LogP contribution in [0.2, 0.25) is 0 Å². The van der Waals surface area contributed by atoms with E-state index in [4.69, 9.17) is 0 Å². The standard InChI is InChI=1S/C16H22N4O/c1-12(2)9-19-16(21)7-8-17-10-13-11-18-14-5-3-4-6-15(14)20-13/h3-6,11-12,17H,7-10H2,1-2H3,(H,19,21). The summed E-state index contributed by atoms with van der Waals surface area (Å²) in [6, 6.07) is 7.79. The number of carbonyl (C=O) groups excluding carboxylic acids is 1. The monoisotopic (exact) mass is 286 g/mol. The molecular formula is C16H22N4O. The molecule has 0 saturated carbocycles. The molecule has 0 radical (unpaired) electrons. The van der Waals surface area contributed by atoms with Gasteiger partial charge < -0.3 is 10.6 Å². The number of nitrogens with zero attached hydrogens (tertiary/aromatic N) is 2. The minimum absolute atomic E-state index is 0.0841. The van der Waals surface area contributed by atoms with Gasteiger partial charge in [0.1, 0.15) is 0 Å². The second-order valence-electron chi connectivity index (χ2n) is 5.47. The fourth-order valence-corrected chi connectivity index (χ4v) is 1.91. The van der Waals surface area contributed by atoms with Crippen LogP contribution >= 0.6 is 0 Å². The number of fused-ring (bicyclic) bond motifs is 1. The molecule has 0 spiro atoms. The molecule has 2 aromatic rings. The minimum atomic E-state index is 0.0841. The first-order valence-electron chi connectivity index (χ1n) is 7.33. The molecule has 5 nitrogen and oxygen atoms in total. The molecule has 21 heavy (non-hydrogen) atoms. The Morgan fingerprint density at radius 2 is 2.00 bits per heavy atom. The summed E-state index contributed by atoms with van der Waals surface area (Å²) in [4.78, 5) is 20.4. The van der Waals surface area contributed by atoms with E-state index in [0.29, 0.717) is 25.4 Å². The van der Waals surface area contributed by atoms with Crippen molar-refractivity contribution in [3.63, 3.8) is 0 Å². The zero-order chi connectivity index (χ0) is 15.1. The van der Waals surface area contributed by atoms with Gasteiger partial charge in [-0.05, 0) is 18.1 Å². The molecule has 112 valence electrons. The highest BCUT2D eigenvalue weighted by atomic mass is 16.1. The average molecular weight is 286 g/mol. The Kier molecular flexibility index (Phi) is 5.63. The van der Waals surface area contributed by atoms with Crippen molar-refractivity contribution in [3.8, 4) is 0 Å². The lowest BCUT2D eigenvalue weighted by atomic mass is 10.2. The van der Waals surface area contributed by atoms with Gasteiger partial charge in [0.2, 0.25) is 5.91 Å². The minimum Gasteiger partial charge on any atom is -0.356 e. The second kappa shape index (κ2) is 7.69. The summed E-state index contributed by atoms with van der Waals surface area (Å²) >= 11 is 0. The summed E-state index contributed by atoms with van der Waals surface area (Å²) in [5.74, 6) is 0.565. The van der Waals surface area contributed by atoms with Gasteiger partial charge in [-0.2, -0.15) is 0 Å². The second-order valence-corrected chi connectivity index (χ2v) is 5.47. The molecule has 1 amide bonds. The number of hydrogen-bond donors (Lipinski definition) is 2. The van der Waals surface area contributed by atoms with E-state index in [2.05, 4.69) is 34.4 Å². The molecule has 5 heteroatoms. The smallest absolute Gasteiger partial charge is 0.221 e. The van der Waals surface area contributed by atoms with Crippen molar-refractivity contribution in [2.45, 2.75) is 26.8 Å². The first-order chi connectivity index (χ1) is 10.1. The summed E-state index contributed by atoms with van der Waals surface area (Å²) in [7, 11) is 0. The molecule has 0 atom stereocenters. The highest BCUT2D eigenvalue weighted by Gasteiger charge is 2.03. The molecule has 0 unspecified atom stereocenters. The Labute approximate surface area is 125 Å². The van der Waals surface area contributed by atoms with Crippen LogP contribution in [0.3, 0.4) is 0 Å². The van der Waals surface area contributed by atoms with Crippen LogP contribution in [0.5, 0.6) is 0 Å². The van der Waals surface area contributed by atoms with Crippen LogP contribution in [0.4, 0.5) is 0 Å². The van der Waals surface area contributed by atoms with Crippen LogP contribution in [0.15, 0.2) is 30.5 Å². The molecule has 0 saturated heterocycles. The van der Waals surface area contributed by atoms with Crippen LogP contribution in [0.25, 0.3) is 11.0 Å². The molecule has 0 aliphatic heterocycles. The van der Waals surface area contributed by atoms with Gasteiger partial charge in [0.05, 0.1) is 22.9 Å². The van der Waals surface area contributed by atoms with E-state index in [0.717, 1.165) is 23.3 Å². The predicted octanol–water partition coefficient (Wildman–Crippen LogP) is 1.88. The Morgan fingerprint density at radius 1 is 1.24 bits per heavy atom. The van der Waals surface area contributed by atoms with Gasteiger partial charge in [0.15, 0.2) is 0 Å². The zero-order valence-electron chi connectivity index (χ0n) is 12.6. The van der Waals surface area contributed by atoms with Crippen LogP contribution in [0, 0.1) is 5.92 Å². The van der Waals surface area contributed by atoms with E-state index in [1.807, 2.05) is 24.3 Å². The van der Waals surface area contributed by atoms with Gasteiger partial charge in [-0.3, -0.25) is 9.78 Å². The summed E-state index contributed by atoms with van der Waals surface area (Å²) in [5, 5.41) is 6.12. The number of nitrogens with one attached hydrogen (secondary N) is 2. The van der Waals surface area contributed by atoms with Crippen molar-refractivity contribution in [1.29, 1.82) is 0 Å². The van der Waals surface area contributed by atoms with Gasteiger partial charge in [0.25, 0.3) is 0 Å². The van der Waals surface area contributed by atoms with Crippen LogP contribution in [0.1, 0.15) is 26.0 Å².